The molecule has 2 aromatic heterocycles. The van der Waals surface area contributed by atoms with Crippen LogP contribution < -0.4 is 5.73 Å². The highest BCUT2D eigenvalue weighted by molar-refractivity contribution is 5.39. The van der Waals surface area contributed by atoms with E-state index in [1.54, 1.807) is 18.3 Å². The zero-order chi connectivity index (χ0) is 9.10. The van der Waals surface area contributed by atoms with Crippen LogP contribution in [0.5, 0.6) is 0 Å². The highest BCUT2D eigenvalue weighted by atomic mass is 15.3. The summed E-state index contributed by atoms with van der Waals surface area (Å²) in [4.78, 5) is 0. The molecule has 4 N–H and O–H groups in total. The van der Waals surface area contributed by atoms with Crippen molar-refractivity contribution in [2.24, 2.45) is 10.2 Å². The van der Waals surface area contributed by atoms with Crippen LogP contribution in [-0.2, 0) is 0 Å². The predicted octanol–water partition coefficient (Wildman–Crippen LogP) is 1.13. The van der Waals surface area contributed by atoms with Gasteiger partial charge >= 0.3 is 0 Å². The Morgan fingerprint density at radius 3 is 2.85 bits per heavy atom. The zero-order valence-electron chi connectivity index (χ0n) is 6.60. The van der Waals surface area contributed by atoms with Crippen LogP contribution in [0.1, 0.15) is 0 Å². The summed E-state index contributed by atoms with van der Waals surface area (Å²) in [7, 11) is 0. The lowest BCUT2D eigenvalue weighted by atomic mass is 10.6. The van der Waals surface area contributed by atoms with Crippen LogP contribution in [-0.4, -0.2) is 20.4 Å². The van der Waals surface area contributed by atoms with Crippen LogP contribution in [0.2, 0.25) is 0 Å². The van der Waals surface area contributed by atoms with Crippen molar-refractivity contribution in [1.82, 2.24) is 20.4 Å². The Labute approximate surface area is 73.1 Å². The first kappa shape index (κ1) is 7.47. The monoisotopic (exact) mass is 177 g/mol. The molecule has 0 bridgehead atoms. The number of nitrogens with one attached hydrogen (secondary N) is 2. The topological polar surface area (TPSA) is 108 Å². The van der Waals surface area contributed by atoms with Gasteiger partial charge in [0.25, 0.3) is 0 Å². The first-order valence-corrected chi connectivity index (χ1v) is 3.56. The third-order valence-electron chi connectivity index (χ3n) is 1.33. The number of hydrogen-bond acceptors (Lipinski definition) is 5. The number of hydrogen-bond donors (Lipinski definition) is 3. The molecule has 0 fully saturated rings. The second-order valence-corrected chi connectivity index (χ2v) is 2.32. The summed E-state index contributed by atoms with van der Waals surface area (Å²) in [6.45, 7) is 0. The van der Waals surface area contributed by atoms with E-state index < -0.39 is 0 Å². The molecule has 0 spiro atoms. The average molecular weight is 177 g/mol. The van der Waals surface area contributed by atoms with Gasteiger partial charge in [0.05, 0.1) is 6.20 Å². The molecule has 0 aliphatic carbocycles. The molecule has 66 valence electrons. The molecule has 0 aliphatic heterocycles. The van der Waals surface area contributed by atoms with Crippen molar-refractivity contribution in [2.45, 2.75) is 0 Å². The lowest BCUT2D eigenvalue weighted by Crippen LogP contribution is -1.81. The number of aromatic amines is 2. The largest absolute Gasteiger partial charge is 0.384 e. The van der Waals surface area contributed by atoms with E-state index in [1.165, 1.54) is 0 Å². The summed E-state index contributed by atoms with van der Waals surface area (Å²) in [6, 6.07) is 3.28. The molecule has 0 saturated carbocycles. The van der Waals surface area contributed by atoms with Crippen molar-refractivity contribution in [1.29, 1.82) is 0 Å². The van der Waals surface area contributed by atoms with Gasteiger partial charge in [0.15, 0.2) is 11.6 Å². The average Bonchev–Trinajstić information content (AvgIpc) is 2.71. The molecule has 0 unspecified atom stereocenters. The lowest BCUT2D eigenvalue weighted by Gasteiger charge is -1.80. The quantitative estimate of drug-likeness (QED) is 0.598. The lowest BCUT2D eigenvalue weighted by molar-refractivity contribution is 1.03. The summed E-state index contributed by atoms with van der Waals surface area (Å²) >= 11 is 0. The SMILES string of the molecule is Nc1cc(N=Nc2ccn[nH]2)n[nH]1. The number of H-pyrrole nitrogens is 2. The number of nitrogens with zero attached hydrogens (tertiary/aromatic N) is 4. The third-order valence-corrected chi connectivity index (χ3v) is 1.33. The molecule has 0 aromatic carbocycles. The van der Waals surface area contributed by atoms with Crippen molar-refractivity contribution in [3.05, 3.63) is 18.3 Å². The van der Waals surface area contributed by atoms with Crippen LogP contribution in [0.4, 0.5) is 17.5 Å². The van der Waals surface area contributed by atoms with E-state index in [9.17, 15) is 0 Å². The minimum atomic E-state index is 0.437. The van der Waals surface area contributed by atoms with E-state index in [-0.39, 0.29) is 0 Å². The van der Waals surface area contributed by atoms with Crippen LogP contribution in [0, 0.1) is 0 Å². The van der Waals surface area contributed by atoms with Gasteiger partial charge in [-0.2, -0.15) is 10.2 Å². The Morgan fingerprint density at radius 1 is 1.31 bits per heavy atom. The number of rotatable bonds is 2. The predicted molar refractivity (Wildman–Crippen MR) is 45.8 cm³/mol. The molecule has 0 amide bonds. The van der Waals surface area contributed by atoms with Crippen molar-refractivity contribution >= 4 is 17.5 Å². The molecule has 2 rings (SSSR count). The van der Waals surface area contributed by atoms with Crippen molar-refractivity contribution in [3.63, 3.8) is 0 Å². The van der Waals surface area contributed by atoms with Crippen LogP contribution >= 0.6 is 0 Å². The van der Waals surface area contributed by atoms with Crippen LogP contribution in [0.3, 0.4) is 0 Å². The van der Waals surface area contributed by atoms with Crippen molar-refractivity contribution in [2.75, 3.05) is 5.73 Å². The molecule has 0 atom stereocenters. The maximum Gasteiger partial charge on any atom is 0.197 e. The van der Waals surface area contributed by atoms with Gasteiger partial charge in [-0.1, -0.05) is 0 Å². The molecule has 0 saturated heterocycles. The Kier molecular flexibility index (Phi) is 1.75. The first-order chi connectivity index (χ1) is 6.34. The second kappa shape index (κ2) is 3.05. The van der Waals surface area contributed by atoms with Crippen LogP contribution in [0.15, 0.2) is 28.6 Å². The highest BCUT2D eigenvalue weighted by Crippen LogP contribution is 2.14. The maximum absolute atomic E-state index is 5.39. The Morgan fingerprint density at radius 2 is 2.23 bits per heavy atom. The number of azo groups is 1. The fourth-order valence-electron chi connectivity index (χ4n) is 0.786. The van der Waals surface area contributed by atoms with Gasteiger partial charge in [-0.15, -0.1) is 10.2 Å². The Hall–Kier alpha value is -2.18. The molecule has 0 radical (unpaired) electrons. The fourth-order valence-corrected chi connectivity index (χ4v) is 0.786. The Balaban J connectivity index is 2.14. The minimum Gasteiger partial charge on any atom is -0.384 e. The van der Waals surface area contributed by atoms with Gasteiger partial charge in [0.2, 0.25) is 0 Å². The molecule has 13 heavy (non-hydrogen) atoms. The maximum atomic E-state index is 5.39. The van der Waals surface area contributed by atoms with E-state index in [1.807, 2.05) is 0 Å². The van der Waals surface area contributed by atoms with E-state index >= 15 is 0 Å². The molecule has 2 heterocycles. The molecule has 7 heteroatoms. The van der Waals surface area contributed by atoms with Crippen molar-refractivity contribution < 1.29 is 0 Å². The summed E-state index contributed by atoms with van der Waals surface area (Å²) in [5.74, 6) is 1.47. The van der Waals surface area contributed by atoms with Crippen LogP contribution in [0.25, 0.3) is 0 Å². The molecule has 7 nitrogen and oxygen atoms in total. The minimum absolute atomic E-state index is 0.437. The van der Waals surface area contributed by atoms with Gasteiger partial charge < -0.3 is 5.73 Å². The van der Waals surface area contributed by atoms with E-state index in [0.29, 0.717) is 17.5 Å². The first-order valence-electron chi connectivity index (χ1n) is 3.56. The summed E-state index contributed by atoms with van der Waals surface area (Å²) in [6.07, 6.45) is 1.59. The number of nitrogen functional groups attached to an aromatic ring is 1. The van der Waals surface area contributed by atoms with E-state index in [0.717, 1.165) is 0 Å². The number of nitrogens with two attached hydrogens (primary N) is 1. The molecular weight excluding hydrogens is 170 g/mol. The molecular formula is C6H7N7. The molecule has 2 aromatic rings. The number of anilines is 1. The summed E-state index contributed by atoms with van der Waals surface area (Å²) < 4.78 is 0. The second-order valence-electron chi connectivity index (χ2n) is 2.32. The smallest absolute Gasteiger partial charge is 0.197 e. The Bertz CT molecular complexity index is 398. The van der Waals surface area contributed by atoms with Gasteiger partial charge in [-0.3, -0.25) is 10.2 Å². The standard InChI is InChI=1S/C6H7N7/c7-4-3-6(12-9-4)13-11-5-1-2-8-10-5/h1-3H,(H,8,10)(H3,7,9,12). The number of aromatic nitrogens is 4. The van der Waals surface area contributed by atoms with Gasteiger partial charge in [-0.05, 0) is 0 Å². The fraction of sp³-hybridized carbons (Fsp3) is 0. The van der Waals surface area contributed by atoms with Gasteiger partial charge in [0, 0.05) is 12.1 Å². The van der Waals surface area contributed by atoms with E-state index in [4.69, 9.17) is 5.73 Å². The summed E-state index contributed by atoms with van der Waals surface area (Å²) in [5.41, 5.74) is 5.39. The van der Waals surface area contributed by atoms with Gasteiger partial charge in [0.1, 0.15) is 5.82 Å². The normalized spacial score (nSPS) is 11.1. The van der Waals surface area contributed by atoms with Gasteiger partial charge in [-0.25, -0.2) is 0 Å². The third kappa shape index (κ3) is 1.70. The highest BCUT2D eigenvalue weighted by Gasteiger charge is 1.94. The van der Waals surface area contributed by atoms with E-state index in [2.05, 4.69) is 30.6 Å². The zero-order valence-corrected chi connectivity index (χ0v) is 6.60. The molecule has 0 aliphatic rings. The van der Waals surface area contributed by atoms with Crippen molar-refractivity contribution in [3.8, 4) is 0 Å². The summed E-state index contributed by atoms with van der Waals surface area (Å²) in [5, 5.41) is 20.3.